The minimum atomic E-state index is -0.0733. The summed E-state index contributed by atoms with van der Waals surface area (Å²) in [5, 5.41) is 3.48. The molecule has 3 heteroatoms. The van der Waals surface area contributed by atoms with Crippen LogP contribution >= 0.6 is 15.9 Å². The molecule has 0 bridgehead atoms. The van der Waals surface area contributed by atoms with Crippen molar-refractivity contribution in [3.05, 3.63) is 34.1 Å². The third kappa shape index (κ3) is 4.03. The van der Waals surface area contributed by atoms with Crippen LogP contribution in [0.2, 0.25) is 0 Å². The highest BCUT2D eigenvalue weighted by Gasteiger charge is 2.32. The van der Waals surface area contributed by atoms with E-state index in [0.29, 0.717) is 0 Å². The molecular weight excluding hydrogens is 305 g/mol. The molecule has 2 rings (SSSR count). The first-order valence-corrected chi connectivity index (χ1v) is 8.09. The summed E-state index contributed by atoms with van der Waals surface area (Å²) < 4.78 is 14.9. The third-order valence-electron chi connectivity index (χ3n) is 4.24. The van der Waals surface area contributed by atoms with Gasteiger partial charge in [0.15, 0.2) is 0 Å². The van der Waals surface area contributed by atoms with Gasteiger partial charge in [-0.2, -0.15) is 0 Å². The Morgan fingerprint density at radius 2 is 2.00 bits per heavy atom. The van der Waals surface area contributed by atoms with Gasteiger partial charge in [0.05, 0.1) is 0 Å². The van der Waals surface area contributed by atoms with Gasteiger partial charge in [-0.1, -0.05) is 48.2 Å². The molecular formula is C16H23BrFN. The molecule has 1 aliphatic carbocycles. The number of nitrogens with one attached hydrogen (secondary N) is 1. The summed E-state index contributed by atoms with van der Waals surface area (Å²) in [5.41, 5.74) is 1.12. The van der Waals surface area contributed by atoms with E-state index in [1.165, 1.54) is 32.1 Å². The second-order valence-electron chi connectivity index (χ2n) is 5.75. The summed E-state index contributed by atoms with van der Waals surface area (Å²) >= 11 is 3.32. The van der Waals surface area contributed by atoms with Gasteiger partial charge < -0.3 is 5.32 Å². The highest BCUT2D eigenvalue weighted by atomic mass is 79.9. The summed E-state index contributed by atoms with van der Waals surface area (Å²) in [6.45, 7) is 4.14. The molecule has 1 nitrogen and oxygen atoms in total. The molecule has 1 aliphatic rings. The third-order valence-corrected chi connectivity index (χ3v) is 4.74. The lowest BCUT2D eigenvalue weighted by atomic mass is 9.70. The van der Waals surface area contributed by atoms with Crippen molar-refractivity contribution in [3.63, 3.8) is 0 Å². The van der Waals surface area contributed by atoms with Crippen LogP contribution in [0.5, 0.6) is 0 Å². The summed E-state index contributed by atoms with van der Waals surface area (Å²) in [6, 6.07) is 5.46. The second-order valence-corrected chi connectivity index (χ2v) is 6.67. The Bertz CT molecular complexity index is 413. The Morgan fingerprint density at radius 3 is 2.63 bits per heavy atom. The zero-order chi connectivity index (χ0) is 13.7. The highest BCUT2D eigenvalue weighted by Crippen LogP contribution is 2.39. The highest BCUT2D eigenvalue weighted by molar-refractivity contribution is 9.10. The molecule has 1 aromatic rings. The van der Waals surface area contributed by atoms with Crippen LogP contribution in [-0.2, 0) is 6.42 Å². The fourth-order valence-electron chi connectivity index (χ4n) is 3.18. The zero-order valence-corrected chi connectivity index (χ0v) is 13.2. The lowest BCUT2D eigenvalue weighted by Crippen LogP contribution is -2.38. The lowest BCUT2D eigenvalue weighted by molar-refractivity contribution is 0.180. The van der Waals surface area contributed by atoms with Gasteiger partial charge in [0.1, 0.15) is 5.82 Å². The largest absolute Gasteiger partial charge is 0.316 e. The van der Waals surface area contributed by atoms with Gasteiger partial charge in [0.2, 0.25) is 0 Å². The Morgan fingerprint density at radius 1 is 1.26 bits per heavy atom. The number of halogens is 2. The standard InChI is InChI=1S/C16H23BrFN/c1-2-19-12-16(8-4-3-5-9-16)11-13-6-7-14(17)10-15(13)18/h6-7,10,19H,2-5,8-9,11-12H2,1H3. The van der Waals surface area contributed by atoms with Crippen molar-refractivity contribution in [1.82, 2.24) is 5.32 Å². The summed E-state index contributed by atoms with van der Waals surface area (Å²) in [5.74, 6) is -0.0733. The predicted molar refractivity (Wildman–Crippen MR) is 81.9 cm³/mol. The normalized spacial score (nSPS) is 18.5. The van der Waals surface area contributed by atoms with Crippen molar-refractivity contribution in [1.29, 1.82) is 0 Å². The predicted octanol–water partition coefficient (Wildman–Crippen LogP) is 4.69. The topological polar surface area (TPSA) is 12.0 Å². The Balaban J connectivity index is 2.14. The van der Waals surface area contributed by atoms with E-state index in [0.717, 1.165) is 29.5 Å². The summed E-state index contributed by atoms with van der Waals surface area (Å²) in [6.07, 6.45) is 7.19. The minimum Gasteiger partial charge on any atom is -0.316 e. The van der Waals surface area contributed by atoms with E-state index >= 15 is 0 Å². The lowest BCUT2D eigenvalue weighted by Gasteiger charge is -2.38. The van der Waals surface area contributed by atoms with E-state index in [-0.39, 0.29) is 11.2 Å². The van der Waals surface area contributed by atoms with Crippen molar-refractivity contribution >= 4 is 15.9 Å². The molecule has 0 unspecified atom stereocenters. The van der Waals surface area contributed by atoms with Crippen LogP contribution in [-0.4, -0.2) is 13.1 Å². The van der Waals surface area contributed by atoms with Crippen LogP contribution in [0.1, 0.15) is 44.6 Å². The fourth-order valence-corrected chi connectivity index (χ4v) is 3.51. The van der Waals surface area contributed by atoms with Gasteiger partial charge in [-0.05, 0) is 48.9 Å². The smallest absolute Gasteiger partial charge is 0.127 e. The first-order valence-electron chi connectivity index (χ1n) is 7.30. The van der Waals surface area contributed by atoms with Crippen LogP contribution in [0.15, 0.2) is 22.7 Å². The minimum absolute atomic E-state index is 0.0733. The molecule has 106 valence electrons. The van der Waals surface area contributed by atoms with Crippen molar-refractivity contribution in [2.24, 2.45) is 5.41 Å². The van der Waals surface area contributed by atoms with Gasteiger partial charge in [0, 0.05) is 11.0 Å². The van der Waals surface area contributed by atoms with E-state index < -0.39 is 0 Å². The molecule has 0 saturated heterocycles. The van der Waals surface area contributed by atoms with Crippen molar-refractivity contribution in [3.8, 4) is 0 Å². The molecule has 1 aromatic carbocycles. The van der Waals surface area contributed by atoms with Gasteiger partial charge in [-0.15, -0.1) is 0 Å². The van der Waals surface area contributed by atoms with E-state index in [1.807, 2.05) is 12.1 Å². The van der Waals surface area contributed by atoms with Gasteiger partial charge in [-0.25, -0.2) is 4.39 Å². The number of rotatable bonds is 5. The SMILES string of the molecule is CCNCC1(Cc2ccc(Br)cc2F)CCCCC1. The average Bonchev–Trinajstić information content (AvgIpc) is 2.41. The van der Waals surface area contributed by atoms with E-state index in [2.05, 4.69) is 28.2 Å². The van der Waals surface area contributed by atoms with Gasteiger partial charge in [-0.3, -0.25) is 0 Å². The molecule has 0 heterocycles. The Kier molecular flexibility index (Phi) is 5.40. The summed E-state index contributed by atoms with van der Waals surface area (Å²) in [7, 11) is 0. The van der Waals surface area contributed by atoms with Crippen LogP contribution in [0.25, 0.3) is 0 Å². The molecule has 1 fully saturated rings. The fraction of sp³-hybridized carbons (Fsp3) is 0.625. The van der Waals surface area contributed by atoms with Crippen LogP contribution in [0, 0.1) is 11.2 Å². The molecule has 0 aromatic heterocycles. The molecule has 0 atom stereocenters. The molecule has 0 amide bonds. The van der Waals surface area contributed by atoms with Crippen molar-refractivity contribution in [2.45, 2.75) is 45.4 Å². The van der Waals surface area contributed by atoms with Gasteiger partial charge >= 0.3 is 0 Å². The molecule has 0 radical (unpaired) electrons. The Hall–Kier alpha value is -0.410. The van der Waals surface area contributed by atoms with Crippen LogP contribution < -0.4 is 5.32 Å². The van der Waals surface area contributed by atoms with Crippen LogP contribution in [0.4, 0.5) is 4.39 Å². The molecule has 0 spiro atoms. The number of hydrogen-bond donors (Lipinski definition) is 1. The van der Waals surface area contributed by atoms with Crippen LogP contribution in [0.3, 0.4) is 0 Å². The number of benzene rings is 1. The van der Waals surface area contributed by atoms with Gasteiger partial charge in [0.25, 0.3) is 0 Å². The van der Waals surface area contributed by atoms with E-state index in [4.69, 9.17) is 0 Å². The zero-order valence-electron chi connectivity index (χ0n) is 11.6. The van der Waals surface area contributed by atoms with E-state index in [9.17, 15) is 4.39 Å². The maximum Gasteiger partial charge on any atom is 0.127 e. The summed E-state index contributed by atoms with van der Waals surface area (Å²) in [4.78, 5) is 0. The number of hydrogen-bond acceptors (Lipinski definition) is 1. The first-order chi connectivity index (χ1) is 9.15. The molecule has 0 aliphatic heterocycles. The molecule has 1 N–H and O–H groups in total. The van der Waals surface area contributed by atoms with Crippen molar-refractivity contribution < 1.29 is 4.39 Å². The quantitative estimate of drug-likeness (QED) is 0.827. The average molecular weight is 328 g/mol. The monoisotopic (exact) mass is 327 g/mol. The molecule has 19 heavy (non-hydrogen) atoms. The Labute approximate surface area is 124 Å². The first kappa shape index (κ1) is 15.0. The maximum atomic E-state index is 14.0. The molecule has 1 saturated carbocycles. The van der Waals surface area contributed by atoms with Crippen molar-refractivity contribution in [2.75, 3.05) is 13.1 Å². The van der Waals surface area contributed by atoms with E-state index in [1.54, 1.807) is 6.07 Å². The maximum absolute atomic E-state index is 14.0. The second kappa shape index (κ2) is 6.85.